The summed E-state index contributed by atoms with van der Waals surface area (Å²) in [5.41, 5.74) is 0.478. The van der Waals surface area contributed by atoms with E-state index in [1.807, 2.05) is 0 Å². The zero-order chi connectivity index (χ0) is 15.1. The molecule has 1 aliphatic carbocycles. The predicted octanol–water partition coefficient (Wildman–Crippen LogP) is 3.51. The van der Waals surface area contributed by atoms with Crippen molar-refractivity contribution in [1.29, 1.82) is 0 Å². The number of hydrogen-bond acceptors (Lipinski definition) is 2. The van der Waals surface area contributed by atoms with Crippen LogP contribution in [0.4, 0.5) is 0 Å². The van der Waals surface area contributed by atoms with Crippen molar-refractivity contribution < 1.29 is 4.74 Å². The molecule has 1 saturated heterocycles. The number of likely N-dealkylation sites (tertiary alicyclic amines) is 1. The number of ether oxygens (including phenoxy) is 1. The maximum atomic E-state index is 5.30. The maximum Gasteiger partial charge on any atom is 0.193 e. The molecule has 0 aromatic heterocycles. The summed E-state index contributed by atoms with van der Waals surface area (Å²) in [6.45, 7) is 9.49. The van der Waals surface area contributed by atoms with E-state index in [-0.39, 0.29) is 24.0 Å². The number of methoxy groups -OCH3 is 1. The van der Waals surface area contributed by atoms with Crippen molar-refractivity contribution >= 4 is 29.9 Å². The number of guanidine groups is 1. The van der Waals surface area contributed by atoms with Gasteiger partial charge in [-0.15, -0.1) is 24.0 Å². The van der Waals surface area contributed by atoms with Crippen LogP contribution in [-0.4, -0.2) is 50.8 Å². The van der Waals surface area contributed by atoms with Crippen LogP contribution in [0.1, 0.15) is 52.4 Å². The van der Waals surface area contributed by atoms with Gasteiger partial charge in [-0.3, -0.25) is 4.99 Å². The number of hydrogen-bond donors (Lipinski definition) is 1. The molecular formula is C17H34IN3O. The van der Waals surface area contributed by atoms with Gasteiger partial charge >= 0.3 is 0 Å². The molecule has 22 heavy (non-hydrogen) atoms. The third-order valence-corrected chi connectivity index (χ3v) is 5.30. The van der Waals surface area contributed by atoms with Crippen LogP contribution < -0.4 is 5.32 Å². The van der Waals surface area contributed by atoms with Crippen molar-refractivity contribution in [3.8, 4) is 0 Å². The summed E-state index contributed by atoms with van der Waals surface area (Å²) in [6, 6.07) is 0. The number of aliphatic imine (C=N–C) groups is 1. The minimum absolute atomic E-state index is 0. The highest BCUT2D eigenvalue weighted by atomic mass is 127. The number of nitrogens with one attached hydrogen (secondary N) is 1. The first-order valence-electron chi connectivity index (χ1n) is 8.75. The summed E-state index contributed by atoms with van der Waals surface area (Å²) in [6.07, 6.45) is 7.98. The Bertz CT molecular complexity index is 343. The fraction of sp³-hybridized carbons (Fsp3) is 0.941. The van der Waals surface area contributed by atoms with Gasteiger partial charge in [-0.05, 0) is 38.0 Å². The molecule has 1 N–H and O–H groups in total. The lowest BCUT2D eigenvalue weighted by Crippen LogP contribution is -2.41. The maximum absolute atomic E-state index is 5.30. The molecule has 2 aliphatic rings. The first-order chi connectivity index (χ1) is 10.2. The van der Waals surface area contributed by atoms with Gasteiger partial charge in [0, 0.05) is 39.2 Å². The normalized spacial score (nSPS) is 24.4. The molecule has 1 atom stereocenters. The quantitative estimate of drug-likeness (QED) is 0.404. The average Bonchev–Trinajstić information content (AvgIpc) is 3.14. The topological polar surface area (TPSA) is 36.9 Å². The van der Waals surface area contributed by atoms with Crippen LogP contribution in [0, 0.1) is 11.3 Å². The van der Waals surface area contributed by atoms with Gasteiger partial charge in [-0.1, -0.05) is 19.8 Å². The highest BCUT2D eigenvalue weighted by molar-refractivity contribution is 14.0. The number of rotatable bonds is 6. The number of halogens is 1. The molecule has 1 unspecified atom stereocenters. The van der Waals surface area contributed by atoms with E-state index < -0.39 is 0 Å². The standard InChI is InChI=1S/C17H33N3O.HI/c1-4-17(9-6-7-10-17)14-19-16(18-5-2)20-11-8-15(12-20)13-21-3;/h15H,4-14H2,1-3H3,(H,18,19);1H. The molecule has 1 aliphatic heterocycles. The van der Waals surface area contributed by atoms with Gasteiger partial charge < -0.3 is 15.0 Å². The van der Waals surface area contributed by atoms with Crippen LogP contribution in [0.2, 0.25) is 0 Å². The molecule has 0 aromatic rings. The molecule has 1 heterocycles. The van der Waals surface area contributed by atoms with Crippen molar-refractivity contribution in [2.75, 3.05) is 39.9 Å². The van der Waals surface area contributed by atoms with Crippen LogP contribution in [0.3, 0.4) is 0 Å². The van der Waals surface area contributed by atoms with Crippen LogP contribution in [0.5, 0.6) is 0 Å². The van der Waals surface area contributed by atoms with E-state index in [0.29, 0.717) is 11.3 Å². The van der Waals surface area contributed by atoms with E-state index in [4.69, 9.17) is 9.73 Å². The van der Waals surface area contributed by atoms with Crippen LogP contribution >= 0.6 is 24.0 Å². The second-order valence-electron chi connectivity index (χ2n) is 6.79. The Morgan fingerprint density at radius 3 is 2.64 bits per heavy atom. The van der Waals surface area contributed by atoms with E-state index in [0.717, 1.165) is 38.7 Å². The molecule has 0 aromatic carbocycles. The van der Waals surface area contributed by atoms with E-state index in [1.54, 1.807) is 7.11 Å². The molecule has 5 heteroatoms. The summed E-state index contributed by atoms with van der Waals surface area (Å²) >= 11 is 0. The second-order valence-corrected chi connectivity index (χ2v) is 6.79. The van der Waals surface area contributed by atoms with E-state index in [1.165, 1.54) is 38.5 Å². The Kier molecular flexibility index (Phi) is 9.05. The molecule has 2 rings (SSSR count). The van der Waals surface area contributed by atoms with E-state index >= 15 is 0 Å². The van der Waals surface area contributed by atoms with Crippen LogP contribution in [0.25, 0.3) is 0 Å². The second kappa shape index (κ2) is 9.96. The van der Waals surface area contributed by atoms with Gasteiger partial charge in [0.1, 0.15) is 0 Å². The lowest BCUT2D eigenvalue weighted by molar-refractivity contribution is 0.157. The lowest BCUT2D eigenvalue weighted by Gasteiger charge is -2.27. The van der Waals surface area contributed by atoms with Gasteiger partial charge in [0.05, 0.1) is 6.61 Å². The SMILES string of the molecule is CCNC(=NCC1(CC)CCCC1)N1CCC(COC)C1.I. The Hall–Kier alpha value is -0.0400. The largest absolute Gasteiger partial charge is 0.384 e. The van der Waals surface area contributed by atoms with Crippen LogP contribution in [0.15, 0.2) is 4.99 Å². The van der Waals surface area contributed by atoms with Gasteiger partial charge in [-0.25, -0.2) is 0 Å². The Morgan fingerprint density at radius 1 is 1.32 bits per heavy atom. The minimum Gasteiger partial charge on any atom is -0.384 e. The molecule has 0 radical (unpaired) electrons. The summed E-state index contributed by atoms with van der Waals surface area (Å²) in [7, 11) is 1.80. The van der Waals surface area contributed by atoms with Crippen LogP contribution in [-0.2, 0) is 4.74 Å². The molecule has 1 saturated carbocycles. The van der Waals surface area contributed by atoms with Crippen molar-refractivity contribution in [2.24, 2.45) is 16.3 Å². The third kappa shape index (κ3) is 5.25. The summed E-state index contributed by atoms with van der Waals surface area (Å²) in [5.74, 6) is 1.78. The molecule has 0 spiro atoms. The average molecular weight is 423 g/mol. The molecule has 0 amide bonds. The fourth-order valence-corrected chi connectivity index (χ4v) is 3.81. The van der Waals surface area contributed by atoms with Gasteiger partial charge in [0.25, 0.3) is 0 Å². The lowest BCUT2D eigenvalue weighted by atomic mass is 9.84. The van der Waals surface area contributed by atoms with Gasteiger partial charge in [0.15, 0.2) is 5.96 Å². The van der Waals surface area contributed by atoms with Gasteiger partial charge in [0.2, 0.25) is 0 Å². The zero-order valence-corrected chi connectivity index (χ0v) is 16.9. The van der Waals surface area contributed by atoms with E-state index in [9.17, 15) is 0 Å². The summed E-state index contributed by atoms with van der Waals surface area (Å²) in [4.78, 5) is 7.43. The highest BCUT2D eigenvalue weighted by Crippen LogP contribution is 2.41. The fourth-order valence-electron chi connectivity index (χ4n) is 3.81. The molecular weight excluding hydrogens is 389 g/mol. The molecule has 0 bridgehead atoms. The summed E-state index contributed by atoms with van der Waals surface area (Å²) < 4.78 is 5.30. The van der Waals surface area contributed by atoms with Crippen molar-refractivity contribution in [2.45, 2.75) is 52.4 Å². The zero-order valence-electron chi connectivity index (χ0n) is 14.6. The smallest absolute Gasteiger partial charge is 0.193 e. The van der Waals surface area contributed by atoms with Crippen molar-refractivity contribution in [3.05, 3.63) is 0 Å². The molecule has 2 fully saturated rings. The number of nitrogens with zero attached hydrogens (tertiary/aromatic N) is 2. The Morgan fingerprint density at radius 2 is 2.05 bits per heavy atom. The highest BCUT2D eigenvalue weighted by Gasteiger charge is 2.32. The predicted molar refractivity (Wildman–Crippen MR) is 104 cm³/mol. The minimum atomic E-state index is 0. The first-order valence-corrected chi connectivity index (χ1v) is 8.75. The third-order valence-electron chi connectivity index (χ3n) is 5.30. The van der Waals surface area contributed by atoms with Gasteiger partial charge in [-0.2, -0.15) is 0 Å². The summed E-state index contributed by atoms with van der Waals surface area (Å²) in [5, 5.41) is 3.49. The Labute approximate surface area is 153 Å². The monoisotopic (exact) mass is 423 g/mol. The molecule has 130 valence electrons. The van der Waals surface area contributed by atoms with E-state index in [2.05, 4.69) is 24.1 Å². The van der Waals surface area contributed by atoms with Crippen molar-refractivity contribution in [1.82, 2.24) is 10.2 Å². The Balaban J connectivity index is 0.00000242. The first kappa shape index (κ1) is 20.0. The van der Waals surface area contributed by atoms with Crippen molar-refractivity contribution in [3.63, 3.8) is 0 Å². The molecule has 4 nitrogen and oxygen atoms in total.